The lowest BCUT2D eigenvalue weighted by Gasteiger charge is -2.07. The molecule has 0 fully saturated rings. The molecule has 0 amide bonds. The summed E-state index contributed by atoms with van der Waals surface area (Å²) in [6.07, 6.45) is 1.59. The maximum Gasteiger partial charge on any atom is 0.223 e. The highest BCUT2D eigenvalue weighted by Crippen LogP contribution is 2.25. The van der Waals surface area contributed by atoms with Crippen LogP contribution in [0.15, 0.2) is 28.9 Å². The van der Waals surface area contributed by atoms with Crippen LogP contribution >= 0.6 is 15.9 Å². The SMILES string of the molecule is CCCc1nc(Br)cc(Oc2ccc(F)cc2F)n1. The second kappa shape index (κ2) is 6.06. The van der Waals surface area contributed by atoms with Crippen molar-refractivity contribution in [3.8, 4) is 11.6 Å². The Labute approximate surface area is 117 Å². The molecule has 2 rings (SSSR count). The summed E-state index contributed by atoms with van der Waals surface area (Å²) in [4.78, 5) is 8.33. The number of halogens is 3. The molecular formula is C13H11BrF2N2O. The summed E-state index contributed by atoms with van der Waals surface area (Å²) >= 11 is 3.24. The van der Waals surface area contributed by atoms with Crippen LogP contribution in [-0.2, 0) is 6.42 Å². The van der Waals surface area contributed by atoms with Gasteiger partial charge < -0.3 is 4.74 Å². The number of aryl methyl sites for hydroxylation is 1. The number of benzene rings is 1. The first-order valence-corrected chi connectivity index (χ1v) is 6.54. The molecule has 0 spiro atoms. The molecule has 0 atom stereocenters. The van der Waals surface area contributed by atoms with Crippen LogP contribution in [0.25, 0.3) is 0 Å². The van der Waals surface area contributed by atoms with Crippen molar-refractivity contribution in [1.82, 2.24) is 9.97 Å². The molecule has 0 aliphatic heterocycles. The Balaban J connectivity index is 2.27. The lowest BCUT2D eigenvalue weighted by molar-refractivity contribution is 0.420. The number of nitrogens with zero attached hydrogens (tertiary/aromatic N) is 2. The number of aromatic nitrogens is 2. The highest BCUT2D eigenvalue weighted by atomic mass is 79.9. The molecule has 2 aromatic rings. The standard InChI is InChI=1S/C13H11BrF2N2O/c1-2-3-12-17-11(14)7-13(18-12)19-10-5-4-8(15)6-9(10)16/h4-7H,2-3H2,1H3. The Hall–Kier alpha value is -1.56. The Morgan fingerprint density at radius 1 is 1.21 bits per heavy atom. The molecule has 0 aliphatic rings. The summed E-state index contributed by atoms with van der Waals surface area (Å²) in [5.74, 6) is -0.674. The van der Waals surface area contributed by atoms with Gasteiger partial charge in [0.2, 0.25) is 5.88 Å². The first kappa shape index (κ1) is 13.9. The fraction of sp³-hybridized carbons (Fsp3) is 0.231. The fourth-order valence-corrected chi connectivity index (χ4v) is 1.90. The third kappa shape index (κ3) is 3.70. The van der Waals surface area contributed by atoms with Crippen molar-refractivity contribution in [1.29, 1.82) is 0 Å². The first-order valence-electron chi connectivity index (χ1n) is 5.75. The molecule has 0 radical (unpaired) electrons. The molecule has 0 bridgehead atoms. The molecule has 19 heavy (non-hydrogen) atoms. The molecule has 3 nitrogen and oxygen atoms in total. The zero-order valence-electron chi connectivity index (χ0n) is 10.2. The molecule has 0 saturated carbocycles. The monoisotopic (exact) mass is 328 g/mol. The van der Waals surface area contributed by atoms with Crippen LogP contribution in [0.1, 0.15) is 19.2 Å². The topological polar surface area (TPSA) is 35.0 Å². The van der Waals surface area contributed by atoms with Crippen molar-refractivity contribution < 1.29 is 13.5 Å². The van der Waals surface area contributed by atoms with Crippen molar-refractivity contribution in [3.63, 3.8) is 0 Å². The molecular weight excluding hydrogens is 318 g/mol. The minimum absolute atomic E-state index is 0.0746. The van der Waals surface area contributed by atoms with Crippen molar-refractivity contribution in [2.45, 2.75) is 19.8 Å². The molecule has 0 aliphatic carbocycles. The zero-order chi connectivity index (χ0) is 13.8. The lowest BCUT2D eigenvalue weighted by Crippen LogP contribution is -1.98. The molecule has 0 saturated heterocycles. The summed E-state index contributed by atoms with van der Waals surface area (Å²) in [7, 11) is 0. The van der Waals surface area contributed by atoms with E-state index in [0.29, 0.717) is 16.8 Å². The normalized spacial score (nSPS) is 10.5. The maximum absolute atomic E-state index is 13.5. The van der Waals surface area contributed by atoms with Crippen LogP contribution < -0.4 is 4.74 Å². The second-order valence-corrected chi connectivity index (χ2v) is 4.68. The van der Waals surface area contributed by atoms with Gasteiger partial charge in [0.1, 0.15) is 16.2 Å². The lowest BCUT2D eigenvalue weighted by atomic mass is 10.3. The average Bonchev–Trinajstić information content (AvgIpc) is 2.32. The number of ether oxygens (including phenoxy) is 1. The predicted octanol–water partition coefficient (Wildman–Crippen LogP) is 4.26. The summed E-state index contributed by atoms with van der Waals surface area (Å²) in [5.41, 5.74) is 0. The van der Waals surface area contributed by atoms with Crippen LogP contribution in [0, 0.1) is 11.6 Å². The van der Waals surface area contributed by atoms with E-state index in [0.717, 1.165) is 18.6 Å². The van der Waals surface area contributed by atoms with Crippen molar-refractivity contribution in [3.05, 3.63) is 46.3 Å². The third-order valence-electron chi connectivity index (χ3n) is 2.30. The summed E-state index contributed by atoms with van der Waals surface area (Å²) in [6.45, 7) is 2.00. The molecule has 100 valence electrons. The van der Waals surface area contributed by atoms with E-state index in [9.17, 15) is 8.78 Å². The highest BCUT2D eigenvalue weighted by molar-refractivity contribution is 9.10. The second-order valence-electron chi connectivity index (χ2n) is 3.87. The van der Waals surface area contributed by atoms with Crippen LogP contribution in [0.3, 0.4) is 0 Å². The summed E-state index contributed by atoms with van der Waals surface area (Å²) in [5, 5.41) is 0. The zero-order valence-corrected chi connectivity index (χ0v) is 11.7. The van der Waals surface area contributed by atoms with Gasteiger partial charge in [-0.15, -0.1) is 0 Å². The number of hydrogen-bond donors (Lipinski definition) is 0. The van der Waals surface area contributed by atoms with E-state index in [1.54, 1.807) is 0 Å². The van der Waals surface area contributed by atoms with E-state index < -0.39 is 11.6 Å². The Bertz CT molecular complexity index is 593. The van der Waals surface area contributed by atoms with Gasteiger partial charge in [0, 0.05) is 18.6 Å². The summed E-state index contributed by atoms with van der Waals surface area (Å²) in [6, 6.07) is 4.64. The van der Waals surface area contributed by atoms with Crippen LogP contribution in [0.2, 0.25) is 0 Å². The quantitative estimate of drug-likeness (QED) is 0.786. The van der Waals surface area contributed by atoms with E-state index in [1.165, 1.54) is 12.1 Å². The van der Waals surface area contributed by atoms with Crippen molar-refractivity contribution in [2.24, 2.45) is 0 Å². The minimum Gasteiger partial charge on any atom is -0.436 e. The smallest absolute Gasteiger partial charge is 0.223 e. The molecule has 1 aromatic heterocycles. The minimum atomic E-state index is -0.772. The average molecular weight is 329 g/mol. The Morgan fingerprint density at radius 2 is 2.00 bits per heavy atom. The van der Waals surface area contributed by atoms with E-state index in [2.05, 4.69) is 25.9 Å². The van der Waals surface area contributed by atoms with Gasteiger partial charge in [-0.05, 0) is 34.5 Å². The van der Waals surface area contributed by atoms with Crippen LogP contribution in [-0.4, -0.2) is 9.97 Å². The van der Waals surface area contributed by atoms with E-state index in [1.807, 2.05) is 6.92 Å². The fourth-order valence-electron chi connectivity index (χ4n) is 1.50. The molecule has 1 heterocycles. The maximum atomic E-state index is 13.5. The molecule has 0 unspecified atom stereocenters. The predicted molar refractivity (Wildman–Crippen MR) is 70.2 cm³/mol. The largest absolute Gasteiger partial charge is 0.436 e. The number of hydrogen-bond acceptors (Lipinski definition) is 3. The van der Waals surface area contributed by atoms with E-state index in [-0.39, 0.29) is 11.6 Å². The Kier molecular flexibility index (Phi) is 4.42. The van der Waals surface area contributed by atoms with Crippen molar-refractivity contribution >= 4 is 15.9 Å². The third-order valence-corrected chi connectivity index (χ3v) is 2.71. The molecule has 0 N–H and O–H groups in total. The van der Waals surface area contributed by atoms with E-state index >= 15 is 0 Å². The first-order chi connectivity index (χ1) is 9.08. The van der Waals surface area contributed by atoms with Gasteiger partial charge in [-0.3, -0.25) is 0 Å². The Morgan fingerprint density at radius 3 is 2.68 bits per heavy atom. The number of rotatable bonds is 4. The van der Waals surface area contributed by atoms with E-state index in [4.69, 9.17) is 4.74 Å². The highest BCUT2D eigenvalue weighted by Gasteiger charge is 2.09. The summed E-state index contributed by atoms with van der Waals surface area (Å²) < 4.78 is 32.1. The van der Waals surface area contributed by atoms with Gasteiger partial charge in [0.05, 0.1) is 0 Å². The van der Waals surface area contributed by atoms with Crippen LogP contribution in [0.5, 0.6) is 11.6 Å². The van der Waals surface area contributed by atoms with Gasteiger partial charge >= 0.3 is 0 Å². The van der Waals surface area contributed by atoms with Crippen molar-refractivity contribution in [2.75, 3.05) is 0 Å². The molecule has 1 aromatic carbocycles. The van der Waals surface area contributed by atoms with Gasteiger partial charge in [0.15, 0.2) is 11.6 Å². The molecule has 6 heteroatoms. The van der Waals surface area contributed by atoms with Gasteiger partial charge in [0.25, 0.3) is 0 Å². The van der Waals surface area contributed by atoms with Gasteiger partial charge in [-0.1, -0.05) is 6.92 Å². The van der Waals surface area contributed by atoms with Gasteiger partial charge in [-0.2, -0.15) is 4.98 Å². The van der Waals surface area contributed by atoms with Gasteiger partial charge in [-0.25, -0.2) is 13.8 Å². The van der Waals surface area contributed by atoms with Crippen LogP contribution in [0.4, 0.5) is 8.78 Å².